The molecular formula is C25H29N3O5. The molecule has 1 saturated heterocycles. The van der Waals surface area contributed by atoms with E-state index in [1.807, 2.05) is 56.3 Å². The molecule has 1 fully saturated rings. The first-order chi connectivity index (χ1) is 15.9. The summed E-state index contributed by atoms with van der Waals surface area (Å²) in [6.07, 6.45) is 1.58. The highest BCUT2D eigenvalue weighted by atomic mass is 16.4. The van der Waals surface area contributed by atoms with Crippen molar-refractivity contribution in [1.82, 2.24) is 14.8 Å². The van der Waals surface area contributed by atoms with Crippen molar-refractivity contribution in [2.45, 2.75) is 20.8 Å². The van der Waals surface area contributed by atoms with E-state index in [9.17, 15) is 14.4 Å². The molecule has 2 N–H and O–H groups in total. The number of aliphatic carboxylic acids is 1. The van der Waals surface area contributed by atoms with Crippen molar-refractivity contribution in [2.24, 2.45) is 0 Å². The summed E-state index contributed by atoms with van der Waals surface area (Å²) in [4.78, 5) is 53.1. The molecule has 0 saturated carbocycles. The smallest absolute Gasteiger partial charge is 0.300 e. The molecule has 8 heteroatoms. The molecule has 0 atom stereocenters. The number of carboxylic acids is 1. The predicted octanol–water partition coefficient (Wildman–Crippen LogP) is 3.45. The van der Waals surface area contributed by atoms with Gasteiger partial charge in [-0.2, -0.15) is 0 Å². The first kappa shape index (κ1) is 25.3. The molecule has 0 bridgehead atoms. The van der Waals surface area contributed by atoms with E-state index in [1.165, 1.54) is 4.90 Å². The van der Waals surface area contributed by atoms with Gasteiger partial charge in [-0.25, -0.2) is 0 Å². The average Bonchev–Trinajstić information content (AvgIpc) is 3.28. The number of aromatic nitrogens is 1. The number of hydrogen-bond acceptors (Lipinski definition) is 4. The van der Waals surface area contributed by atoms with Crippen molar-refractivity contribution in [1.29, 1.82) is 0 Å². The van der Waals surface area contributed by atoms with Crippen molar-refractivity contribution < 1.29 is 24.3 Å². The maximum atomic E-state index is 12.7. The molecule has 174 valence electrons. The van der Waals surface area contributed by atoms with Gasteiger partial charge in [0.25, 0.3) is 23.6 Å². The van der Waals surface area contributed by atoms with E-state index in [0.29, 0.717) is 37.3 Å². The number of carbonyl (C=O) groups excluding carboxylic acids is 3. The zero-order valence-corrected chi connectivity index (χ0v) is 19.1. The molecule has 3 aromatic rings. The predicted molar refractivity (Wildman–Crippen MR) is 126 cm³/mol. The minimum absolute atomic E-state index is 0.0503. The second-order valence-corrected chi connectivity index (χ2v) is 7.05. The van der Waals surface area contributed by atoms with Crippen LogP contribution in [-0.4, -0.2) is 69.6 Å². The van der Waals surface area contributed by atoms with E-state index < -0.39 is 17.7 Å². The third-order valence-corrected chi connectivity index (χ3v) is 4.90. The van der Waals surface area contributed by atoms with Crippen molar-refractivity contribution in [3.63, 3.8) is 0 Å². The quantitative estimate of drug-likeness (QED) is 0.468. The number of nitrogens with one attached hydrogen (secondary N) is 1. The minimum Gasteiger partial charge on any atom is -0.481 e. The fraction of sp³-hybridized carbons (Fsp3) is 0.280. The normalized spacial score (nSPS) is 12.7. The van der Waals surface area contributed by atoms with Crippen LogP contribution in [0, 0.1) is 0 Å². The summed E-state index contributed by atoms with van der Waals surface area (Å²) in [7, 11) is 0. The van der Waals surface area contributed by atoms with E-state index >= 15 is 0 Å². The van der Waals surface area contributed by atoms with Crippen molar-refractivity contribution in [3.8, 4) is 0 Å². The summed E-state index contributed by atoms with van der Waals surface area (Å²) in [5.74, 6) is -1.92. The van der Waals surface area contributed by atoms with Crippen molar-refractivity contribution in [2.75, 3.05) is 26.2 Å². The Bertz CT molecular complexity index is 1100. The highest BCUT2D eigenvalue weighted by Crippen LogP contribution is 2.19. The Morgan fingerprint density at radius 2 is 1.33 bits per heavy atom. The lowest BCUT2D eigenvalue weighted by Crippen LogP contribution is -2.52. The van der Waals surface area contributed by atoms with Gasteiger partial charge in [0.1, 0.15) is 0 Å². The number of H-pyrrole nitrogens is 1. The standard InChI is InChI=1S/C21H19N3O3.C2H4O2.C2H6/c25-19(17-14-22-18-9-5-4-8-16(17)18)21(27)24-12-10-23(11-13-24)20(26)15-6-2-1-3-7-15;1-2(3)4;1-2/h1-9,14,22H,10-13H2;1H3,(H,3,4);1-2H3. The number of piperazine rings is 1. The van der Waals surface area contributed by atoms with E-state index in [-0.39, 0.29) is 5.91 Å². The number of carboxylic acid groups (broad SMARTS) is 1. The van der Waals surface area contributed by atoms with Crippen LogP contribution >= 0.6 is 0 Å². The molecule has 1 aliphatic rings. The van der Waals surface area contributed by atoms with Gasteiger partial charge in [0.2, 0.25) is 0 Å². The van der Waals surface area contributed by atoms with Crippen LogP contribution in [0.1, 0.15) is 41.5 Å². The fourth-order valence-electron chi connectivity index (χ4n) is 3.39. The number of fused-ring (bicyclic) bond motifs is 1. The van der Waals surface area contributed by atoms with E-state index in [4.69, 9.17) is 9.90 Å². The van der Waals surface area contributed by atoms with Gasteiger partial charge in [-0.1, -0.05) is 50.2 Å². The highest BCUT2D eigenvalue weighted by molar-refractivity contribution is 6.44. The number of hydrogen-bond donors (Lipinski definition) is 2. The Kier molecular flexibility index (Phi) is 9.35. The summed E-state index contributed by atoms with van der Waals surface area (Å²) < 4.78 is 0. The second kappa shape index (κ2) is 12.2. The largest absolute Gasteiger partial charge is 0.481 e. The molecule has 4 rings (SSSR count). The Labute approximate surface area is 192 Å². The van der Waals surface area contributed by atoms with E-state index in [0.717, 1.165) is 17.8 Å². The topological polar surface area (TPSA) is 111 Å². The molecule has 2 amide bonds. The van der Waals surface area contributed by atoms with Gasteiger partial charge < -0.3 is 19.9 Å². The summed E-state index contributed by atoms with van der Waals surface area (Å²) in [6.45, 7) is 6.62. The fourth-order valence-corrected chi connectivity index (χ4v) is 3.39. The summed E-state index contributed by atoms with van der Waals surface area (Å²) in [6, 6.07) is 16.5. The Hall–Kier alpha value is -3.94. The van der Waals surface area contributed by atoms with E-state index in [1.54, 1.807) is 23.2 Å². The number of amides is 2. The van der Waals surface area contributed by atoms with Gasteiger partial charge in [0, 0.05) is 55.8 Å². The number of benzene rings is 2. The Balaban J connectivity index is 0.000000582. The van der Waals surface area contributed by atoms with Crippen LogP contribution in [0.3, 0.4) is 0 Å². The summed E-state index contributed by atoms with van der Waals surface area (Å²) in [5.41, 5.74) is 1.84. The number of para-hydroxylation sites is 1. The first-order valence-electron chi connectivity index (χ1n) is 10.8. The number of Topliss-reactive ketones (excluding diaryl/α,β-unsaturated/α-hetero) is 1. The number of aromatic amines is 1. The monoisotopic (exact) mass is 451 g/mol. The third-order valence-electron chi connectivity index (χ3n) is 4.90. The molecule has 8 nitrogen and oxygen atoms in total. The summed E-state index contributed by atoms with van der Waals surface area (Å²) >= 11 is 0. The van der Waals surface area contributed by atoms with Crippen LogP contribution in [0.5, 0.6) is 0 Å². The zero-order valence-electron chi connectivity index (χ0n) is 19.1. The first-order valence-corrected chi connectivity index (χ1v) is 10.8. The van der Waals surface area contributed by atoms with Crippen LogP contribution in [0.4, 0.5) is 0 Å². The lowest BCUT2D eigenvalue weighted by molar-refractivity contribution is -0.134. The number of ketones is 1. The number of carbonyl (C=O) groups is 4. The summed E-state index contributed by atoms with van der Waals surface area (Å²) in [5, 5.41) is 8.16. The number of rotatable bonds is 3. The van der Waals surface area contributed by atoms with Gasteiger partial charge in [-0.15, -0.1) is 0 Å². The van der Waals surface area contributed by atoms with E-state index in [2.05, 4.69) is 4.98 Å². The zero-order chi connectivity index (χ0) is 24.4. The second-order valence-electron chi connectivity index (χ2n) is 7.05. The SMILES string of the molecule is CC.CC(=O)O.O=C(C(=O)N1CCN(C(=O)c2ccccc2)CC1)c1c[nH]c2ccccc12. The molecule has 33 heavy (non-hydrogen) atoms. The number of nitrogens with zero attached hydrogens (tertiary/aromatic N) is 2. The maximum Gasteiger partial charge on any atom is 0.300 e. The van der Waals surface area contributed by atoms with Crippen LogP contribution < -0.4 is 0 Å². The molecule has 1 aliphatic heterocycles. The van der Waals surface area contributed by atoms with Gasteiger partial charge in [0.15, 0.2) is 0 Å². The average molecular weight is 452 g/mol. The van der Waals surface area contributed by atoms with Gasteiger partial charge in [-0.05, 0) is 18.2 Å². The van der Waals surface area contributed by atoms with Crippen molar-refractivity contribution >= 4 is 34.5 Å². The van der Waals surface area contributed by atoms with Crippen molar-refractivity contribution in [3.05, 3.63) is 71.9 Å². The molecular weight excluding hydrogens is 422 g/mol. The van der Waals surface area contributed by atoms with Crippen LogP contribution in [0.25, 0.3) is 10.9 Å². The van der Waals surface area contributed by atoms with Gasteiger partial charge in [0.05, 0.1) is 5.56 Å². The Morgan fingerprint density at radius 1 is 0.818 bits per heavy atom. The molecule has 0 radical (unpaired) electrons. The molecule has 0 unspecified atom stereocenters. The lowest BCUT2D eigenvalue weighted by Gasteiger charge is -2.34. The van der Waals surface area contributed by atoms with Crippen LogP contribution in [-0.2, 0) is 9.59 Å². The third kappa shape index (κ3) is 6.52. The van der Waals surface area contributed by atoms with Crippen LogP contribution in [0.15, 0.2) is 60.8 Å². The lowest BCUT2D eigenvalue weighted by atomic mass is 10.1. The molecule has 0 spiro atoms. The molecule has 2 heterocycles. The maximum absolute atomic E-state index is 12.7. The Morgan fingerprint density at radius 3 is 1.94 bits per heavy atom. The molecule has 1 aromatic heterocycles. The van der Waals surface area contributed by atoms with Gasteiger partial charge in [-0.3, -0.25) is 19.2 Å². The van der Waals surface area contributed by atoms with Gasteiger partial charge >= 0.3 is 0 Å². The molecule has 0 aliphatic carbocycles. The highest BCUT2D eigenvalue weighted by Gasteiger charge is 2.29. The van der Waals surface area contributed by atoms with Crippen LogP contribution in [0.2, 0.25) is 0 Å². The minimum atomic E-state index is -0.833. The molecule has 2 aromatic carbocycles.